The van der Waals surface area contributed by atoms with E-state index in [-0.39, 0.29) is 18.2 Å². The van der Waals surface area contributed by atoms with E-state index in [1.807, 2.05) is 0 Å². The number of benzene rings is 1. The first-order valence-electron chi connectivity index (χ1n) is 4.36. The maximum atomic E-state index is 12.0. The molecule has 0 aliphatic rings. The summed E-state index contributed by atoms with van der Waals surface area (Å²) in [6.45, 7) is -1.32. The van der Waals surface area contributed by atoms with Crippen molar-refractivity contribution in [3.05, 3.63) is 29.8 Å². The van der Waals surface area contributed by atoms with Crippen LogP contribution < -0.4 is 10.1 Å². The molecule has 15 heavy (non-hydrogen) atoms. The number of rotatable bonds is 4. The predicted octanol–water partition coefficient (Wildman–Crippen LogP) is 1.92. The molecule has 0 saturated heterocycles. The van der Waals surface area contributed by atoms with E-state index in [0.29, 0.717) is 5.56 Å². The molecule has 0 fully saturated rings. The number of alkyl halides is 2. The third-order valence-electron chi connectivity index (χ3n) is 1.72. The summed E-state index contributed by atoms with van der Waals surface area (Å²) in [7, 11) is 0. The Balaban J connectivity index is 2.72. The maximum absolute atomic E-state index is 12.0. The second-order valence-electron chi connectivity index (χ2n) is 2.90. The van der Waals surface area contributed by atoms with Gasteiger partial charge in [0.15, 0.2) is 0 Å². The van der Waals surface area contributed by atoms with Gasteiger partial charge in [-0.15, -0.1) is 0 Å². The molecule has 1 N–H and O–H groups in total. The first kappa shape index (κ1) is 11.4. The van der Waals surface area contributed by atoms with Crippen LogP contribution in [0.2, 0.25) is 0 Å². The van der Waals surface area contributed by atoms with E-state index in [9.17, 15) is 13.6 Å². The molecule has 0 heterocycles. The molecule has 3 nitrogen and oxygen atoms in total. The Hall–Kier alpha value is -1.65. The van der Waals surface area contributed by atoms with Crippen LogP contribution in [0.4, 0.5) is 8.78 Å². The quantitative estimate of drug-likeness (QED) is 0.833. The van der Waals surface area contributed by atoms with Gasteiger partial charge in [-0.1, -0.05) is 18.2 Å². The van der Waals surface area contributed by atoms with Crippen LogP contribution in [0.5, 0.6) is 5.75 Å². The normalized spacial score (nSPS) is 10.1. The molecule has 0 aliphatic heterocycles. The van der Waals surface area contributed by atoms with Gasteiger partial charge in [-0.25, -0.2) is 0 Å². The van der Waals surface area contributed by atoms with E-state index < -0.39 is 6.61 Å². The van der Waals surface area contributed by atoms with Crippen molar-refractivity contribution in [2.24, 2.45) is 0 Å². The topological polar surface area (TPSA) is 38.3 Å². The van der Waals surface area contributed by atoms with E-state index in [1.165, 1.54) is 13.0 Å². The van der Waals surface area contributed by atoms with Gasteiger partial charge in [0, 0.05) is 19.0 Å². The van der Waals surface area contributed by atoms with Gasteiger partial charge in [-0.05, 0) is 6.07 Å². The summed E-state index contributed by atoms with van der Waals surface area (Å²) in [5.41, 5.74) is 0.521. The Bertz CT molecular complexity index is 342. The summed E-state index contributed by atoms with van der Waals surface area (Å²) in [6, 6.07) is 6.33. The fourth-order valence-corrected chi connectivity index (χ4v) is 1.08. The fourth-order valence-electron chi connectivity index (χ4n) is 1.08. The molecular formula is C10H11F2NO2. The monoisotopic (exact) mass is 215 g/mol. The Morgan fingerprint density at radius 1 is 1.47 bits per heavy atom. The molecule has 0 unspecified atom stereocenters. The van der Waals surface area contributed by atoms with Crippen LogP contribution in [0.3, 0.4) is 0 Å². The number of nitrogens with one attached hydrogen (secondary N) is 1. The molecule has 1 aromatic carbocycles. The Morgan fingerprint density at radius 2 is 2.13 bits per heavy atom. The van der Waals surface area contributed by atoms with Crippen molar-refractivity contribution in [1.82, 2.24) is 5.32 Å². The van der Waals surface area contributed by atoms with Gasteiger partial charge in [0.1, 0.15) is 5.75 Å². The highest BCUT2D eigenvalue weighted by Gasteiger charge is 2.08. The lowest BCUT2D eigenvalue weighted by Gasteiger charge is -2.10. The zero-order chi connectivity index (χ0) is 11.3. The first-order valence-corrected chi connectivity index (χ1v) is 4.36. The van der Waals surface area contributed by atoms with Gasteiger partial charge < -0.3 is 10.1 Å². The van der Waals surface area contributed by atoms with Crippen LogP contribution in [0.1, 0.15) is 12.5 Å². The number of amides is 1. The lowest BCUT2D eigenvalue weighted by Crippen LogP contribution is -2.19. The van der Waals surface area contributed by atoms with Gasteiger partial charge >= 0.3 is 6.61 Å². The van der Waals surface area contributed by atoms with Gasteiger partial charge in [-0.2, -0.15) is 8.78 Å². The molecule has 0 atom stereocenters. The van der Waals surface area contributed by atoms with Crippen LogP contribution in [0.15, 0.2) is 24.3 Å². The number of carbonyl (C=O) groups is 1. The lowest BCUT2D eigenvalue weighted by atomic mass is 10.2. The van der Waals surface area contributed by atoms with Crippen LogP contribution in [0.25, 0.3) is 0 Å². The summed E-state index contributed by atoms with van der Waals surface area (Å²) in [6.07, 6.45) is 0. The third kappa shape index (κ3) is 3.93. The minimum atomic E-state index is -2.86. The van der Waals surface area contributed by atoms with E-state index in [4.69, 9.17) is 0 Å². The SMILES string of the molecule is CC(=O)NCc1ccccc1OC(F)F. The number of hydrogen-bond acceptors (Lipinski definition) is 2. The molecule has 0 spiro atoms. The molecule has 0 aromatic heterocycles. The van der Waals surface area contributed by atoms with Gasteiger partial charge in [-0.3, -0.25) is 4.79 Å². The van der Waals surface area contributed by atoms with Crippen molar-refractivity contribution in [3.63, 3.8) is 0 Å². The lowest BCUT2D eigenvalue weighted by molar-refractivity contribution is -0.119. The van der Waals surface area contributed by atoms with Crippen LogP contribution in [-0.2, 0) is 11.3 Å². The highest BCUT2D eigenvalue weighted by Crippen LogP contribution is 2.19. The van der Waals surface area contributed by atoms with Crippen molar-refractivity contribution < 1.29 is 18.3 Å². The average Bonchev–Trinajstić information content (AvgIpc) is 2.15. The smallest absolute Gasteiger partial charge is 0.387 e. The summed E-state index contributed by atoms with van der Waals surface area (Å²) in [5, 5.41) is 2.51. The average molecular weight is 215 g/mol. The highest BCUT2D eigenvalue weighted by molar-refractivity contribution is 5.72. The zero-order valence-corrected chi connectivity index (χ0v) is 8.17. The van der Waals surface area contributed by atoms with Crippen LogP contribution in [0, 0.1) is 0 Å². The molecule has 1 rings (SSSR count). The Morgan fingerprint density at radius 3 is 2.73 bits per heavy atom. The Kier molecular flexibility index (Phi) is 4.03. The second-order valence-corrected chi connectivity index (χ2v) is 2.90. The highest BCUT2D eigenvalue weighted by atomic mass is 19.3. The maximum Gasteiger partial charge on any atom is 0.387 e. The number of halogens is 2. The van der Waals surface area contributed by atoms with Gasteiger partial charge in [0.2, 0.25) is 5.91 Å². The van der Waals surface area contributed by atoms with Gasteiger partial charge in [0.25, 0.3) is 0 Å². The first-order chi connectivity index (χ1) is 7.09. The molecule has 0 saturated carbocycles. The Labute approximate surface area is 86.0 Å². The van der Waals surface area contributed by atoms with Crippen molar-refractivity contribution in [2.75, 3.05) is 0 Å². The molecule has 1 aromatic rings. The second kappa shape index (κ2) is 5.29. The summed E-state index contributed by atoms with van der Waals surface area (Å²) >= 11 is 0. The fraction of sp³-hybridized carbons (Fsp3) is 0.300. The van der Waals surface area contributed by atoms with E-state index >= 15 is 0 Å². The van der Waals surface area contributed by atoms with Crippen molar-refractivity contribution in [2.45, 2.75) is 20.1 Å². The molecule has 1 amide bonds. The van der Waals surface area contributed by atoms with E-state index in [1.54, 1.807) is 18.2 Å². The summed E-state index contributed by atoms with van der Waals surface area (Å²) in [4.78, 5) is 10.7. The standard InChI is InChI=1S/C10H11F2NO2/c1-7(14)13-6-8-4-2-3-5-9(8)15-10(11)12/h2-5,10H,6H2,1H3,(H,13,14). The number of ether oxygens (including phenoxy) is 1. The zero-order valence-electron chi connectivity index (χ0n) is 8.17. The van der Waals surface area contributed by atoms with E-state index in [2.05, 4.69) is 10.1 Å². The van der Waals surface area contributed by atoms with Crippen LogP contribution in [-0.4, -0.2) is 12.5 Å². The largest absolute Gasteiger partial charge is 0.434 e. The summed E-state index contributed by atoms with van der Waals surface area (Å²) in [5.74, 6) is -0.136. The minimum Gasteiger partial charge on any atom is -0.434 e. The third-order valence-corrected chi connectivity index (χ3v) is 1.72. The summed E-state index contributed by atoms with van der Waals surface area (Å²) < 4.78 is 28.3. The van der Waals surface area contributed by atoms with Gasteiger partial charge in [0.05, 0.1) is 0 Å². The predicted molar refractivity (Wildman–Crippen MR) is 50.6 cm³/mol. The molecule has 5 heteroatoms. The van der Waals surface area contributed by atoms with Crippen LogP contribution >= 0.6 is 0 Å². The number of hydrogen-bond donors (Lipinski definition) is 1. The van der Waals surface area contributed by atoms with Crippen molar-refractivity contribution >= 4 is 5.91 Å². The van der Waals surface area contributed by atoms with Crippen molar-refractivity contribution in [3.8, 4) is 5.75 Å². The van der Waals surface area contributed by atoms with Crippen molar-refractivity contribution in [1.29, 1.82) is 0 Å². The molecule has 0 bridgehead atoms. The molecular weight excluding hydrogens is 204 g/mol. The molecule has 82 valence electrons. The minimum absolute atomic E-state index is 0.0845. The molecule has 0 aliphatic carbocycles. The molecule has 0 radical (unpaired) electrons. The van der Waals surface area contributed by atoms with E-state index in [0.717, 1.165) is 0 Å². The number of carbonyl (C=O) groups excluding carboxylic acids is 1. The number of para-hydroxylation sites is 1.